The fourth-order valence-corrected chi connectivity index (χ4v) is 3.49. The molecular weight excluding hydrogens is 224 g/mol. The van der Waals surface area contributed by atoms with Gasteiger partial charge >= 0.3 is 0 Å². The highest BCUT2D eigenvalue weighted by Gasteiger charge is 2.22. The Morgan fingerprint density at radius 3 is 3.07 bits per heavy atom. The maximum absolute atomic E-state index is 5.83. The van der Waals surface area contributed by atoms with Crippen molar-refractivity contribution in [3.63, 3.8) is 0 Å². The highest BCUT2D eigenvalue weighted by molar-refractivity contribution is 7.99. The fraction of sp³-hybridized carbons (Fsp3) is 0.538. The van der Waals surface area contributed by atoms with E-state index in [1.165, 1.54) is 23.5 Å². The number of rotatable bonds is 4. The van der Waals surface area contributed by atoms with Gasteiger partial charge in [0.1, 0.15) is 0 Å². The maximum atomic E-state index is 5.83. The molecule has 2 unspecified atom stereocenters. The summed E-state index contributed by atoms with van der Waals surface area (Å²) in [7, 11) is 0. The van der Waals surface area contributed by atoms with Gasteiger partial charge in [-0.1, -0.05) is 25.1 Å². The molecule has 0 aliphatic carbocycles. The molecular formula is C13H17ClS. The average Bonchev–Trinajstić information content (AvgIpc) is 2.69. The smallest absolute Gasteiger partial charge is 0.0249 e. The van der Waals surface area contributed by atoms with Gasteiger partial charge in [0.25, 0.3) is 0 Å². The molecule has 0 radical (unpaired) electrons. The molecule has 0 saturated heterocycles. The molecule has 1 aliphatic rings. The summed E-state index contributed by atoms with van der Waals surface area (Å²) >= 11 is 7.83. The van der Waals surface area contributed by atoms with E-state index in [1.54, 1.807) is 5.56 Å². The summed E-state index contributed by atoms with van der Waals surface area (Å²) in [5, 5.41) is 0. The summed E-state index contributed by atoms with van der Waals surface area (Å²) < 4.78 is 0. The second-order valence-corrected chi connectivity index (χ2v) is 5.75. The van der Waals surface area contributed by atoms with Crippen molar-refractivity contribution < 1.29 is 0 Å². The molecule has 0 aromatic heterocycles. The predicted molar refractivity (Wildman–Crippen MR) is 69.0 cm³/mol. The summed E-state index contributed by atoms with van der Waals surface area (Å²) in [6.45, 7) is 2.24. The zero-order chi connectivity index (χ0) is 10.7. The maximum Gasteiger partial charge on any atom is 0.0249 e. The largest absolute Gasteiger partial charge is 0.126 e. The number of halogens is 1. The van der Waals surface area contributed by atoms with E-state index in [9.17, 15) is 0 Å². The Bertz CT molecular complexity index is 324. The molecule has 82 valence electrons. The third kappa shape index (κ3) is 2.70. The van der Waals surface area contributed by atoms with Crippen LogP contribution in [0.3, 0.4) is 0 Å². The summed E-state index contributed by atoms with van der Waals surface area (Å²) in [6, 6.07) is 8.81. The molecule has 1 aliphatic heterocycles. The standard InChI is InChI=1S/C13H17ClS/c1-10(8-14)6-7-11-9-15-13-5-3-2-4-12(11)13/h2-5,10-11H,6-9H2,1H3. The second-order valence-electron chi connectivity index (χ2n) is 4.38. The Hall–Kier alpha value is -0.140. The number of alkyl halides is 1. The molecule has 2 atom stereocenters. The van der Waals surface area contributed by atoms with Crippen LogP contribution in [0.4, 0.5) is 0 Å². The van der Waals surface area contributed by atoms with Gasteiger partial charge in [-0.05, 0) is 36.3 Å². The van der Waals surface area contributed by atoms with Crippen molar-refractivity contribution in [3.8, 4) is 0 Å². The van der Waals surface area contributed by atoms with Crippen LogP contribution in [-0.4, -0.2) is 11.6 Å². The van der Waals surface area contributed by atoms with E-state index in [-0.39, 0.29) is 0 Å². The Morgan fingerprint density at radius 1 is 1.47 bits per heavy atom. The lowest BCUT2D eigenvalue weighted by Crippen LogP contribution is -2.02. The van der Waals surface area contributed by atoms with Crippen LogP contribution in [0.5, 0.6) is 0 Å². The molecule has 2 heteroatoms. The summed E-state index contributed by atoms with van der Waals surface area (Å²) in [5.74, 6) is 3.47. The van der Waals surface area contributed by atoms with Crippen molar-refractivity contribution in [2.24, 2.45) is 5.92 Å². The van der Waals surface area contributed by atoms with E-state index in [4.69, 9.17) is 11.6 Å². The van der Waals surface area contributed by atoms with Gasteiger partial charge < -0.3 is 0 Å². The first-order valence-corrected chi connectivity index (χ1v) is 7.11. The molecule has 0 nitrogen and oxygen atoms in total. The quantitative estimate of drug-likeness (QED) is 0.697. The predicted octanol–water partition coefficient (Wildman–Crippen LogP) is 4.53. The lowest BCUT2D eigenvalue weighted by Gasteiger charge is -2.13. The third-order valence-electron chi connectivity index (χ3n) is 3.07. The van der Waals surface area contributed by atoms with E-state index < -0.39 is 0 Å². The molecule has 1 aromatic rings. The molecule has 1 aromatic carbocycles. The molecule has 15 heavy (non-hydrogen) atoms. The first-order valence-electron chi connectivity index (χ1n) is 5.59. The Labute approximate surface area is 101 Å². The number of hydrogen-bond acceptors (Lipinski definition) is 1. The van der Waals surface area contributed by atoms with Crippen molar-refractivity contribution in [1.29, 1.82) is 0 Å². The Balaban J connectivity index is 1.96. The monoisotopic (exact) mass is 240 g/mol. The van der Waals surface area contributed by atoms with E-state index in [2.05, 4.69) is 31.2 Å². The van der Waals surface area contributed by atoms with Crippen LogP contribution >= 0.6 is 23.4 Å². The van der Waals surface area contributed by atoms with Gasteiger partial charge in [-0.3, -0.25) is 0 Å². The number of benzene rings is 1. The normalized spacial score (nSPS) is 21.3. The third-order valence-corrected chi connectivity index (χ3v) is 4.85. The van der Waals surface area contributed by atoms with Gasteiger partial charge in [0.2, 0.25) is 0 Å². The van der Waals surface area contributed by atoms with Gasteiger partial charge in [-0.15, -0.1) is 23.4 Å². The summed E-state index contributed by atoms with van der Waals surface area (Å²) in [5.41, 5.74) is 1.56. The molecule has 0 fully saturated rings. The SMILES string of the molecule is CC(CCl)CCC1CSc2ccccc21. The van der Waals surface area contributed by atoms with Gasteiger partial charge in [-0.25, -0.2) is 0 Å². The molecule has 1 heterocycles. The molecule has 0 N–H and O–H groups in total. The average molecular weight is 241 g/mol. The van der Waals surface area contributed by atoms with Crippen molar-refractivity contribution in [2.75, 3.05) is 11.6 Å². The van der Waals surface area contributed by atoms with E-state index in [0.29, 0.717) is 5.92 Å². The molecule has 2 rings (SSSR count). The first kappa shape index (κ1) is 11.3. The van der Waals surface area contributed by atoms with Crippen LogP contribution in [0.2, 0.25) is 0 Å². The lowest BCUT2D eigenvalue weighted by atomic mass is 9.93. The van der Waals surface area contributed by atoms with Crippen molar-refractivity contribution >= 4 is 23.4 Å². The van der Waals surface area contributed by atoms with Gasteiger partial charge in [0.05, 0.1) is 0 Å². The summed E-state index contributed by atoms with van der Waals surface area (Å²) in [4.78, 5) is 1.49. The lowest BCUT2D eigenvalue weighted by molar-refractivity contribution is 0.525. The van der Waals surface area contributed by atoms with Gasteiger partial charge in [-0.2, -0.15) is 0 Å². The number of thioether (sulfide) groups is 1. The van der Waals surface area contributed by atoms with Crippen LogP contribution in [0.15, 0.2) is 29.2 Å². The zero-order valence-electron chi connectivity index (χ0n) is 9.08. The minimum Gasteiger partial charge on any atom is -0.126 e. The highest BCUT2D eigenvalue weighted by atomic mass is 35.5. The second kappa shape index (κ2) is 5.27. The van der Waals surface area contributed by atoms with Crippen molar-refractivity contribution in [3.05, 3.63) is 29.8 Å². The van der Waals surface area contributed by atoms with E-state index in [0.717, 1.165) is 11.8 Å². The zero-order valence-corrected chi connectivity index (χ0v) is 10.7. The molecule has 0 bridgehead atoms. The van der Waals surface area contributed by atoms with Gasteiger partial charge in [0, 0.05) is 16.5 Å². The molecule has 0 saturated carbocycles. The van der Waals surface area contributed by atoms with E-state index in [1.807, 2.05) is 11.8 Å². The topological polar surface area (TPSA) is 0 Å². The minimum atomic E-state index is 0.657. The van der Waals surface area contributed by atoms with Crippen molar-refractivity contribution in [2.45, 2.75) is 30.6 Å². The number of fused-ring (bicyclic) bond motifs is 1. The van der Waals surface area contributed by atoms with Crippen LogP contribution in [0.25, 0.3) is 0 Å². The van der Waals surface area contributed by atoms with Crippen LogP contribution in [0, 0.1) is 5.92 Å². The first-order chi connectivity index (χ1) is 7.31. The number of hydrogen-bond donors (Lipinski definition) is 0. The van der Waals surface area contributed by atoms with Gasteiger partial charge in [0.15, 0.2) is 0 Å². The van der Waals surface area contributed by atoms with Crippen LogP contribution < -0.4 is 0 Å². The Morgan fingerprint density at radius 2 is 2.27 bits per heavy atom. The fourth-order valence-electron chi connectivity index (χ4n) is 2.03. The molecule has 0 amide bonds. The van der Waals surface area contributed by atoms with Crippen LogP contribution in [0.1, 0.15) is 31.2 Å². The minimum absolute atomic E-state index is 0.657. The van der Waals surface area contributed by atoms with E-state index >= 15 is 0 Å². The van der Waals surface area contributed by atoms with Crippen LogP contribution in [-0.2, 0) is 0 Å². The Kier molecular flexibility index (Phi) is 3.99. The summed E-state index contributed by atoms with van der Waals surface area (Å²) in [6.07, 6.45) is 2.54. The molecule has 0 spiro atoms. The van der Waals surface area contributed by atoms with Crippen molar-refractivity contribution in [1.82, 2.24) is 0 Å². The highest BCUT2D eigenvalue weighted by Crippen LogP contribution is 2.41.